The number of methoxy groups -OCH3 is 1. The molecular formula is C23H25N3O4S. The minimum atomic E-state index is -0.474. The molecule has 0 N–H and O–H groups in total. The molecule has 4 rings (SSSR count). The lowest BCUT2D eigenvalue weighted by atomic mass is 9.78. The van der Waals surface area contributed by atoms with Crippen LogP contribution >= 0.6 is 11.3 Å². The normalized spacial score (nSPS) is 18.0. The molecule has 2 saturated heterocycles. The van der Waals surface area contributed by atoms with E-state index in [0.29, 0.717) is 37.4 Å². The lowest BCUT2D eigenvalue weighted by molar-refractivity contribution is -0.128. The van der Waals surface area contributed by atoms with Crippen molar-refractivity contribution in [2.24, 2.45) is 5.41 Å². The fourth-order valence-corrected chi connectivity index (χ4v) is 4.91. The van der Waals surface area contributed by atoms with E-state index in [4.69, 9.17) is 0 Å². The molecule has 7 nitrogen and oxygen atoms in total. The van der Waals surface area contributed by atoms with Gasteiger partial charge in [0.2, 0.25) is 5.91 Å². The Kier molecular flexibility index (Phi) is 6.18. The zero-order chi connectivity index (χ0) is 21.8. The van der Waals surface area contributed by atoms with E-state index in [0.717, 1.165) is 24.8 Å². The Labute approximate surface area is 185 Å². The first-order chi connectivity index (χ1) is 15.0. The molecule has 31 heavy (non-hydrogen) atoms. The summed E-state index contributed by atoms with van der Waals surface area (Å²) in [5.74, 6) is -0.550. The Morgan fingerprint density at radius 2 is 1.84 bits per heavy atom. The fraction of sp³-hybridized carbons (Fsp3) is 0.391. The van der Waals surface area contributed by atoms with Crippen LogP contribution in [-0.2, 0) is 9.53 Å². The lowest BCUT2D eigenvalue weighted by Gasteiger charge is -2.38. The van der Waals surface area contributed by atoms with Crippen molar-refractivity contribution >= 4 is 35.2 Å². The van der Waals surface area contributed by atoms with Gasteiger partial charge in [-0.2, -0.15) is 11.3 Å². The minimum absolute atomic E-state index is 0.0434. The van der Waals surface area contributed by atoms with Crippen LogP contribution in [0.15, 0.2) is 41.2 Å². The Hall–Kier alpha value is -3.00. The van der Waals surface area contributed by atoms with Crippen molar-refractivity contribution in [2.75, 3.05) is 33.3 Å². The topological polar surface area (TPSA) is 79.8 Å². The molecule has 2 aromatic rings. The van der Waals surface area contributed by atoms with Gasteiger partial charge in [-0.25, -0.2) is 4.79 Å². The summed E-state index contributed by atoms with van der Waals surface area (Å²) < 4.78 is 4.67. The van der Waals surface area contributed by atoms with Crippen LogP contribution in [0.4, 0.5) is 0 Å². The minimum Gasteiger partial charge on any atom is -0.465 e. The number of thiophene rings is 1. The number of esters is 1. The molecule has 2 aliphatic heterocycles. The third-order valence-corrected chi connectivity index (χ3v) is 6.93. The SMILES string of the molecule is COC(=O)c1ccc(C(=O)N2CCC3(CCN(C(=O)/C=C/c4ccsc4)CC3)C2)nc1. The van der Waals surface area contributed by atoms with E-state index >= 15 is 0 Å². The van der Waals surface area contributed by atoms with Crippen molar-refractivity contribution in [3.8, 4) is 0 Å². The molecule has 2 aromatic heterocycles. The highest BCUT2D eigenvalue weighted by atomic mass is 32.1. The van der Waals surface area contributed by atoms with Crippen LogP contribution in [-0.4, -0.2) is 65.9 Å². The first kappa shape index (κ1) is 21.2. The largest absolute Gasteiger partial charge is 0.465 e. The standard InChI is InChI=1S/C23H25N3O4S/c1-30-22(29)18-3-4-19(24-14-18)21(28)26-12-9-23(16-26)7-10-25(11-8-23)20(27)5-2-17-6-13-31-15-17/h2-6,13-15H,7-12,16H2,1H3/b5-2+. The van der Waals surface area contributed by atoms with Crippen molar-refractivity contribution in [1.29, 1.82) is 0 Å². The second-order valence-electron chi connectivity index (χ2n) is 8.12. The maximum Gasteiger partial charge on any atom is 0.339 e. The average Bonchev–Trinajstić information content (AvgIpc) is 3.47. The number of hydrogen-bond donors (Lipinski definition) is 0. The zero-order valence-corrected chi connectivity index (χ0v) is 18.3. The fourth-order valence-electron chi connectivity index (χ4n) is 4.28. The van der Waals surface area contributed by atoms with E-state index in [1.807, 2.05) is 32.7 Å². The molecule has 0 saturated carbocycles. The number of amides is 2. The van der Waals surface area contributed by atoms with E-state index in [9.17, 15) is 14.4 Å². The predicted molar refractivity (Wildman–Crippen MR) is 118 cm³/mol. The molecule has 0 atom stereocenters. The molecule has 162 valence electrons. The number of pyridine rings is 1. The molecule has 0 unspecified atom stereocenters. The molecule has 2 amide bonds. The van der Waals surface area contributed by atoms with Crippen molar-refractivity contribution in [2.45, 2.75) is 19.3 Å². The van der Waals surface area contributed by atoms with Gasteiger partial charge in [-0.05, 0) is 65.3 Å². The van der Waals surface area contributed by atoms with Gasteiger partial charge in [0.15, 0.2) is 0 Å². The lowest BCUT2D eigenvalue weighted by Crippen LogP contribution is -2.44. The van der Waals surface area contributed by atoms with Crippen molar-refractivity contribution in [1.82, 2.24) is 14.8 Å². The number of aromatic nitrogens is 1. The van der Waals surface area contributed by atoms with Gasteiger partial charge >= 0.3 is 5.97 Å². The van der Waals surface area contributed by atoms with Gasteiger partial charge in [-0.3, -0.25) is 14.6 Å². The molecule has 0 aliphatic carbocycles. The number of piperidine rings is 1. The van der Waals surface area contributed by atoms with E-state index in [1.54, 1.807) is 29.5 Å². The molecule has 2 fully saturated rings. The number of carbonyl (C=O) groups excluding carboxylic acids is 3. The maximum atomic E-state index is 12.9. The Bertz CT molecular complexity index is 977. The van der Waals surface area contributed by atoms with Crippen LogP contribution in [0.3, 0.4) is 0 Å². The molecule has 2 aliphatic rings. The summed E-state index contributed by atoms with van der Waals surface area (Å²) in [6, 6.07) is 5.12. The monoisotopic (exact) mass is 439 g/mol. The van der Waals surface area contributed by atoms with Gasteiger partial charge in [-0.15, -0.1) is 0 Å². The highest BCUT2D eigenvalue weighted by molar-refractivity contribution is 7.08. The van der Waals surface area contributed by atoms with Crippen LogP contribution in [0.2, 0.25) is 0 Å². The van der Waals surface area contributed by atoms with Gasteiger partial charge in [0.05, 0.1) is 12.7 Å². The van der Waals surface area contributed by atoms with Crippen molar-refractivity contribution in [3.05, 3.63) is 58.1 Å². The molecule has 0 radical (unpaired) electrons. The molecule has 0 aromatic carbocycles. The van der Waals surface area contributed by atoms with Crippen LogP contribution in [0.5, 0.6) is 0 Å². The summed E-state index contributed by atoms with van der Waals surface area (Å²) in [6.45, 7) is 2.78. The Morgan fingerprint density at radius 1 is 1.10 bits per heavy atom. The van der Waals surface area contributed by atoms with Crippen molar-refractivity contribution < 1.29 is 19.1 Å². The van der Waals surface area contributed by atoms with Crippen molar-refractivity contribution in [3.63, 3.8) is 0 Å². The van der Waals surface area contributed by atoms with Gasteiger partial charge < -0.3 is 14.5 Å². The highest BCUT2D eigenvalue weighted by Gasteiger charge is 2.42. The van der Waals surface area contributed by atoms with E-state index < -0.39 is 5.97 Å². The average molecular weight is 440 g/mol. The van der Waals surface area contributed by atoms with Crippen LogP contribution in [0.1, 0.15) is 45.7 Å². The highest BCUT2D eigenvalue weighted by Crippen LogP contribution is 2.40. The predicted octanol–water partition coefficient (Wildman–Crippen LogP) is 3.10. The van der Waals surface area contributed by atoms with Gasteiger partial charge in [0.25, 0.3) is 5.91 Å². The summed E-state index contributed by atoms with van der Waals surface area (Å²) in [6.07, 6.45) is 7.60. The summed E-state index contributed by atoms with van der Waals surface area (Å²) >= 11 is 1.61. The van der Waals surface area contributed by atoms with Crippen LogP contribution in [0, 0.1) is 5.41 Å². The number of rotatable bonds is 4. The van der Waals surface area contributed by atoms with E-state index in [-0.39, 0.29) is 17.2 Å². The number of ether oxygens (including phenoxy) is 1. The van der Waals surface area contributed by atoms with Gasteiger partial charge in [-0.1, -0.05) is 0 Å². The molecule has 4 heterocycles. The third kappa shape index (κ3) is 4.69. The quantitative estimate of drug-likeness (QED) is 0.540. The zero-order valence-electron chi connectivity index (χ0n) is 17.5. The molecular weight excluding hydrogens is 414 g/mol. The van der Waals surface area contributed by atoms with Gasteiger partial charge in [0.1, 0.15) is 5.69 Å². The van der Waals surface area contributed by atoms with Crippen LogP contribution < -0.4 is 0 Å². The molecule has 1 spiro atoms. The Balaban J connectivity index is 1.32. The third-order valence-electron chi connectivity index (χ3n) is 6.23. The summed E-state index contributed by atoms with van der Waals surface area (Å²) in [5.41, 5.74) is 1.76. The first-order valence-electron chi connectivity index (χ1n) is 10.3. The summed E-state index contributed by atoms with van der Waals surface area (Å²) in [7, 11) is 1.31. The van der Waals surface area contributed by atoms with E-state index in [2.05, 4.69) is 9.72 Å². The second kappa shape index (κ2) is 9.01. The smallest absolute Gasteiger partial charge is 0.339 e. The molecule has 8 heteroatoms. The molecule has 0 bridgehead atoms. The number of carbonyl (C=O) groups is 3. The second-order valence-corrected chi connectivity index (χ2v) is 8.90. The summed E-state index contributed by atoms with van der Waals surface area (Å²) in [5, 5.41) is 4.00. The summed E-state index contributed by atoms with van der Waals surface area (Å²) in [4.78, 5) is 44.8. The van der Waals surface area contributed by atoms with E-state index in [1.165, 1.54) is 13.3 Å². The first-order valence-corrected chi connectivity index (χ1v) is 11.3. The number of hydrogen-bond acceptors (Lipinski definition) is 6. The Morgan fingerprint density at radius 3 is 2.45 bits per heavy atom. The number of likely N-dealkylation sites (tertiary alicyclic amines) is 2. The van der Waals surface area contributed by atoms with Gasteiger partial charge in [0, 0.05) is 38.5 Å². The number of nitrogens with zero attached hydrogens (tertiary/aromatic N) is 3. The van der Waals surface area contributed by atoms with Crippen LogP contribution in [0.25, 0.3) is 6.08 Å². The maximum absolute atomic E-state index is 12.9.